The van der Waals surface area contributed by atoms with E-state index in [-0.39, 0.29) is 22.1 Å². The fourth-order valence-electron chi connectivity index (χ4n) is 3.54. The second kappa shape index (κ2) is 7.96. The van der Waals surface area contributed by atoms with Crippen LogP contribution in [0.15, 0.2) is 66.7 Å². The van der Waals surface area contributed by atoms with E-state index in [0.717, 1.165) is 4.90 Å². The molecule has 0 bridgehead atoms. The zero-order chi connectivity index (χ0) is 23.0. The predicted molar refractivity (Wildman–Crippen MR) is 121 cm³/mol. The van der Waals surface area contributed by atoms with Gasteiger partial charge in [-0.2, -0.15) is 0 Å². The van der Waals surface area contributed by atoms with Crippen LogP contribution in [0.2, 0.25) is 0 Å². The van der Waals surface area contributed by atoms with Gasteiger partial charge < -0.3 is 9.47 Å². The van der Waals surface area contributed by atoms with Gasteiger partial charge in [0.15, 0.2) is 0 Å². The van der Waals surface area contributed by atoms with E-state index in [0.29, 0.717) is 17.2 Å². The first-order valence-electron chi connectivity index (χ1n) is 10.2. The van der Waals surface area contributed by atoms with Crippen LogP contribution in [0, 0.1) is 0 Å². The van der Waals surface area contributed by atoms with Gasteiger partial charge in [0.25, 0.3) is 11.8 Å². The lowest BCUT2D eigenvalue weighted by atomic mass is 9.87. The minimum atomic E-state index is -0.566. The summed E-state index contributed by atoms with van der Waals surface area (Å²) in [6, 6.07) is 18.9. The lowest BCUT2D eigenvalue weighted by molar-refractivity contribution is 0.0600. The molecule has 0 unspecified atom stereocenters. The highest BCUT2D eigenvalue weighted by molar-refractivity contribution is 6.34. The number of ether oxygens (including phenoxy) is 2. The maximum absolute atomic E-state index is 12.9. The summed E-state index contributed by atoms with van der Waals surface area (Å²) in [6.07, 6.45) is 0. The molecule has 0 radical (unpaired) electrons. The molecule has 0 saturated carbocycles. The first-order chi connectivity index (χ1) is 15.2. The van der Waals surface area contributed by atoms with Crippen LogP contribution in [0.5, 0.6) is 11.5 Å². The largest absolute Gasteiger partial charge is 0.465 e. The van der Waals surface area contributed by atoms with E-state index in [1.807, 2.05) is 24.3 Å². The van der Waals surface area contributed by atoms with Gasteiger partial charge in [0, 0.05) is 0 Å². The van der Waals surface area contributed by atoms with Gasteiger partial charge in [0.1, 0.15) is 11.5 Å². The molecule has 4 rings (SSSR count). The molecular formula is C26H23NO5. The molecule has 1 heterocycles. The van der Waals surface area contributed by atoms with E-state index in [1.54, 1.807) is 24.3 Å². The Morgan fingerprint density at radius 2 is 1.34 bits per heavy atom. The van der Waals surface area contributed by atoms with Gasteiger partial charge in [-0.1, -0.05) is 32.9 Å². The predicted octanol–water partition coefficient (Wildman–Crippen LogP) is 5.36. The maximum Gasteiger partial charge on any atom is 0.337 e. The van der Waals surface area contributed by atoms with Crippen molar-refractivity contribution in [2.24, 2.45) is 0 Å². The molecule has 0 aromatic heterocycles. The summed E-state index contributed by atoms with van der Waals surface area (Å²) in [5.74, 6) is -0.206. The van der Waals surface area contributed by atoms with Gasteiger partial charge in [0.2, 0.25) is 0 Å². The Morgan fingerprint density at radius 3 is 1.91 bits per heavy atom. The van der Waals surface area contributed by atoms with Gasteiger partial charge in [-0.15, -0.1) is 0 Å². The van der Waals surface area contributed by atoms with Gasteiger partial charge in [-0.3, -0.25) is 9.59 Å². The summed E-state index contributed by atoms with van der Waals surface area (Å²) in [6.45, 7) is 6.45. The Balaban J connectivity index is 1.53. The number of hydrogen-bond donors (Lipinski definition) is 0. The Bertz CT molecular complexity index is 1200. The van der Waals surface area contributed by atoms with Crippen molar-refractivity contribution in [2.75, 3.05) is 12.0 Å². The molecule has 3 aromatic rings. The van der Waals surface area contributed by atoms with E-state index in [4.69, 9.17) is 9.47 Å². The molecule has 162 valence electrons. The zero-order valence-corrected chi connectivity index (χ0v) is 18.3. The van der Waals surface area contributed by atoms with Crippen LogP contribution < -0.4 is 9.64 Å². The van der Waals surface area contributed by atoms with Crippen molar-refractivity contribution in [3.8, 4) is 11.5 Å². The number of esters is 1. The number of hydrogen-bond acceptors (Lipinski definition) is 5. The molecule has 0 saturated heterocycles. The van der Waals surface area contributed by atoms with E-state index < -0.39 is 17.8 Å². The standard InChI is InChI=1S/C26H23NO5/c1-26(2,3)17-6-10-19(11-7-17)32-20-12-8-18(9-13-20)27-23(28)21-14-5-16(25(30)31-4)15-22(21)24(27)29/h5-15H,1-4H3. The first-order valence-corrected chi connectivity index (χ1v) is 10.2. The summed E-state index contributed by atoms with van der Waals surface area (Å²) in [5.41, 5.74) is 2.34. The summed E-state index contributed by atoms with van der Waals surface area (Å²) in [5, 5.41) is 0. The summed E-state index contributed by atoms with van der Waals surface area (Å²) >= 11 is 0. The van der Waals surface area contributed by atoms with Crippen LogP contribution in [0.25, 0.3) is 0 Å². The summed E-state index contributed by atoms with van der Waals surface area (Å²) in [7, 11) is 1.26. The second-order valence-corrected chi connectivity index (χ2v) is 8.57. The van der Waals surface area contributed by atoms with Gasteiger partial charge >= 0.3 is 5.97 Å². The molecule has 6 nitrogen and oxygen atoms in total. The van der Waals surface area contributed by atoms with Crippen molar-refractivity contribution >= 4 is 23.5 Å². The highest BCUT2D eigenvalue weighted by atomic mass is 16.5. The van der Waals surface area contributed by atoms with Crippen LogP contribution in [-0.4, -0.2) is 24.9 Å². The Labute approximate surface area is 186 Å². The molecule has 1 aliphatic rings. The number of imide groups is 1. The average molecular weight is 429 g/mol. The summed E-state index contributed by atoms with van der Waals surface area (Å²) < 4.78 is 10.6. The van der Waals surface area contributed by atoms with Crippen molar-refractivity contribution in [3.63, 3.8) is 0 Å². The van der Waals surface area contributed by atoms with Crippen LogP contribution >= 0.6 is 0 Å². The highest BCUT2D eigenvalue weighted by Gasteiger charge is 2.37. The SMILES string of the molecule is COC(=O)c1ccc2c(c1)C(=O)N(c1ccc(Oc3ccc(C(C)(C)C)cc3)cc1)C2=O. The van der Waals surface area contributed by atoms with Crippen molar-refractivity contribution in [1.29, 1.82) is 0 Å². The number of fused-ring (bicyclic) bond motifs is 1. The highest BCUT2D eigenvalue weighted by Crippen LogP contribution is 2.32. The van der Waals surface area contributed by atoms with Crippen molar-refractivity contribution in [1.82, 2.24) is 0 Å². The quantitative estimate of drug-likeness (QED) is 0.412. The second-order valence-electron chi connectivity index (χ2n) is 8.57. The smallest absolute Gasteiger partial charge is 0.337 e. The molecule has 6 heteroatoms. The van der Waals surface area contributed by atoms with Crippen LogP contribution in [0.1, 0.15) is 57.4 Å². The Hall–Kier alpha value is -3.93. The lowest BCUT2D eigenvalue weighted by Gasteiger charge is -2.19. The number of carbonyl (C=O) groups is 3. The topological polar surface area (TPSA) is 72.9 Å². The van der Waals surface area contributed by atoms with Gasteiger partial charge in [-0.25, -0.2) is 9.69 Å². The molecule has 0 spiro atoms. The number of nitrogens with zero attached hydrogens (tertiary/aromatic N) is 1. The fourth-order valence-corrected chi connectivity index (χ4v) is 3.54. The number of amides is 2. The fraction of sp³-hybridized carbons (Fsp3) is 0.192. The van der Waals surface area contributed by atoms with E-state index >= 15 is 0 Å². The van der Waals surface area contributed by atoms with Crippen molar-refractivity contribution in [2.45, 2.75) is 26.2 Å². The van der Waals surface area contributed by atoms with Crippen LogP contribution in [0.4, 0.5) is 5.69 Å². The van der Waals surface area contributed by atoms with E-state index in [2.05, 4.69) is 20.8 Å². The molecule has 0 fully saturated rings. The molecule has 0 N–H and O–H groups in total. The summed E-state index contributed by atoms with van der Waals surface area (Å²) in [4.78, 5) is 38.5. The minimum Gasteiger partial charge on any atom is -0.465 e. The molecule has 0 aliphatic carbocycles. The number of rotatable bonds is 4. The molecule has 3 aromatic carbocycles. The van der Waals surface area contributed by atoms with E-state index in [1.165, 1.54) is 30.9 Å². The van der Waals surface area contributed by atoms with Crippen LogP contribution in [0.3, 0.4) is 0 Å². The van der Waals surface area contributed by atoms with Crippen molar-refractivity contribution < 1.29 is 23.9 Å². The zero-order valence-electron chi connectivity index (χ0n) is 18.3. The first kappa shape index (κ1) is 21.3. The van der Waals surface area contributed by atoms with Gasteiger partial charge in [-0.05, 0) is 65.6 Å². The third-order valence-electron chi connectivity index (χ3n) is 5.36. The van der Waals surface area contributed by atoms with Crippen LogP contribution in [-0.2, 0) is 10.2 Å². The monoisotopic (exact) mass is 429 g/mol. The maximum atomic E-state index is 12.9. The Morgan fingerprint density at radius 1 is 0.781 bits per heavy atom. The molecular weight excluding hydrogens is 406 g/mol. The third-order valence-corrected chi connectivity index (χ3v) is 5.36. The number of carbonyl (C=O) groups excluding carboxylic acids is 3. The molecule has 0 atom stereocenters. The minimum absolute atomic E-state index is 0.0597. The molecule has 32 heavy (non-hydrogen) atoms. The lowest BCUT2D eigenvalue weighted by Crippen LogP contribution is -2.29. The Kier molecular flexibility index (Phi) is 5.30. The average Bonchev–Trinajstić information content (AvgIpc) is 3.03. The molecule has 1 aliphatic heterocycles. The normalized spacial score (nSPS) is 13.2. The molecule has 2 amide bonds. The third kappa shape index (κ3) is 3.87. The number of methoxy groups -OCH3 is 1. The van der Waals surface area contributed by atoms with E-state index in [9.17, 15) is 14.4 Å². The van der Waals surface area contributed by atoms with Crippen molar-refractivity contribution in [3.05, 3.63) is 89.0 Å². The number of anilines is 1. The van der Waals surface area contributed by atoms with Gasteiger partial charge in [0.05, 0.1) is 29.5 Å². The number of benzene rings is 3.